The molecule has 0 bridgehead atoms. The SMILES string of the molecule is [C-]#[N+]c1c(Cl)cccc1-c1c(-c2ccc3c(=O)[nH]nc(C(C)C)c3c2)cnn1C. The van der Waals surface area contributed by atoms with Crippen LogP contribution in [0.5, 0.6) is 0 Å². The molecule has 0 atom stereocenters. The van der Waals surface area contributed by atoms with Gasteiger partial charge in [-0.05, 0) is 23.6 Å². The number of aromatic amines is 1. The van der Waals surface area contributed by atoms with Crippen molar-refractivity contribution in [1.29, 1.82) is 0 Å². The van der Waals surface area contributed by atoms with E-state index in [0.717, 1.165) is 33.5 Å². The van der Waals surface area contributed by atoms with Crippen LogP contribution < -0.4 is 5.56 Å². The lowest BCUT2D eigenvalue weighted by Crippen LogP contribution is -2.11. The zero-order chi connectivity index (χ0) is 20.7. The van der Waals surface area contributed by atoms with Crippen molar-refractivity contribution in [3.8, 4) is 22.4 Å². The molecular formula is C22H18ClN5O. The van der Waals surface area contributed by atoms with Crippen LogP contribution in [-0.2, 0) is 7.05 Å². The molecule has 2 aromatic carbocycles. The highest BCUT2D eigenvalue weighted by molar-refractivity contribution is 6.34. The van der Waals surface area contributed by atoms with Crippen LogP contribution >= 0.6 is 11.6 Å². The van der Waals surface area contributed by atoms with E-state index in [9.17, 15) is 4.79 Å². The molecule has 0 amide bonds. The van der Waals surface area contributed by atoms with E-state index in [-0.39, 0.29) is 11.5 Å². The van der Waals surface area contributed by atoms with Crippen molar-refractivity contribution in [2.24, 2.45) is 7.05 Å². The summed E-state index contributed by atoms with van der Waals surface area (Å²) in [6.45, 7) is 11.6. The zero-order valence-electron chi connectivity index (χ0n) is 16.2. The molecule has 4 rings (SSSR count). The molecule has 144 valence electrons. The molecule has 0 saturated carbocycles. The first-order chi connectivity index (χ1) is 13.9. The summed E-state index contributed by atoms with van der Waals surface area (Å²) >= 11 is 6.26. The minimum Gasteiger partial charge on any atom is -0.269 e. The van der Waals surface area contributed by atoms with E-state index in [4.69, 9.17) is 18.2 Å². The summed E-state index contributed by atoms with van der Waals surface area (Å²) in [5, 5.41) is 13.1. The quantitative estimate of drug-likeness (QED) is 0.471. The number of H-pyrrole nitrogens is 1. The Hall–Kier alpha value is -3.43. The highest BCUT2D eigenvalue weighted by Gasteiger charge is 2.19. The van der Waals surface area contributed by atoms with Gasteiger partial charge in [-0.1, -0.05) is 49.7 Å². The first-order valence-electron chi connectivity index (χ1n) is 9.13. The number of aryl methyl sites for hydroxylation is 1. The van der Waals surface area contributed by atoms with Crippen molar-refractivity contribution >= 4 is 28.1 Å². The predicted octanol–water partition coefficient (Wildman–Crippen LogP) is 5.32. The minimum absolute atomic E-state index is 0.152. The molecule has 0 saturated heterocycles. The molecule has 0 aliphatic carbocycles. The lowest BCUT2D eigenvalue weighted by Gasteiger charge is -2.12. The van der Waals surface area contributed by atoms with E-state index in [1.54, 1.807) is 16.9 Å². The van der Waals surface area contributed by atoms with Gasteiger partial charge in [0.25, 0.3) is 5.56 Å². The van der Waals surface area contributed by atoms with Crippen molar-refractivity contribution in [3.63, 3.8) is 0 Å². The van der Waals surface area contributed by atoms with Crippen LogP contribution in [0, 0.1) is 6.57 Å². The third kappa shape index (κ3) is 3.10. The normalized spacial score (nSPS) is 11.2. The minimum atomic E-state index is -0.215. The summed E-state index contributed by atoms with van der Waals surface area (Å²) in [6, 6.07) is 11.1. The third-order valence-corrected chi connectivity index (χ3v) is 5.27. The van der Waals surface area contributed by atoms with E-state index in [0.29, 0.717) is 16.1 Å². The maximum Gasteiger partial charge on any atom is 0.272 e. The van der Waals surface area contributed by atoms with Gasteiger partial charge in [0.1, 0.15) is 0 Å². The number of hydrogen-bond donors (Lipinski definition) is 1. The van der Waals surface area contributed by atoms with Gasteiger partial charge < -0.3 is 0 Å². The lowest BCUT2D eigenvalue weighted by molar-refractivity contribution is 0.776. The number of halogens is 1. The second kappa shape index (κ2) is 7.19. The molecule has 2 heterocycles. The maximum absolute atomic E-state index is 12.2. The second-order valence-corrected chi connectivity index (χ2v) is 7.54. The Morgan fingerprint density at radius 2 is 1.97 bits per heavy atom. The van der Waals surface area contributed by atoms with E-state index in [1.807, 2.05) is 51.2 Å². The summed E-state index contributed by atoms with van der Waals surface area (Å²) < 4.78 is 1.74. The van der Waals surface area contributed by atoms with Crippen LogP contribution in [0.3, 0.4) is 0 Å². The monoisotopic (exact) mass is 403 g/mol. The van der Waals surface area contributed by atoms with Gasteiger partial charge in [0.2, 0.25) is 5.69 Å². The molecule has 0 radical (unpaired) electrons. The number of fused-ring (bicyclic) bond motifs is 1. The summed E-state index contributed by atoms with van der Waals surface area (Å²) in [4.78, 5) is 15.9. The number of nitrogens with one attached hydrogen (secondary N) is 1. The van der Waals surface area contributed by atoms with Crippen molar-refractivity contribution in [2.75, 3.05) is 0 Å². The molecule has 6 nitrogen and oxygen atoms in total. The van der Waals surface area contributed by atoms with E-state index in [1.165, 1.54) is 0 Å². The Balaban J connectivity index is 2.00. The molecular weight excluding hydrogens is 386 g/mol. The fraction of sp³-hybridized carbons (Fsp3) is 0.182. The predicted molar refractivity (Wildman–Crippen MR) is 115 cm³/mol. The molecule has 0 aliphatic rings. The summed E-state index contributed by atoms with van der Waals surface area (Å²) in [5.74, 6) is 0.152. The van der Waals surface area contributed by atoms with E-state index in [2.05, 4.69) is 20.1 Å². The number of hydrogen-bond acceptors (Lipinski definition) is 3. The number of aromatic nitrogens is 4. The Labute approximate surface area is 172 Å². The highest BCUT2D eigenvalue weighted by Crippen LogP contribution is 2.41. The average Bonchev–Trinajstić information content (AvgIpc) is 3.08. The molecule has 1 N–H and O–H groups in total. The molecule has 4 aromatic rings. The largest absolute Gasteiger partial charge is 0.272 e. The van der Waals surface area contributed by atoms with Crippen LogP contribution in [0.25, 0.3) is 38.0 Å². The van der Waals surface area contributed by atoms with Gasteiger partial charge in [0.05, 0.1) is 29.5 Å². The molecule has 2 aromatic heterocycles. The van der Waals surface area contributed by atoms with Crippen LogP contribution in [0.1, 0.15) is 25.5 Å². The summed E-state index contributed by atoms with van der Waals surface area (Å²) in [6.07, 6.45) is 1.76. The third-order valence-electron chi connectivity index (χ3n) is 4.97. The van der Waals surface area contributed by atoms with Gasteiger partial charge in [0, 0.05) is 28.6 Å². The Bertz CT molecular complexity index is 1340. The van der Waals surface area contributed by atoms with E-state index >= 15 is 0 Å². The van der Waals surface area contributed by atoms with Crippen molar-refractivity contribution in [1.82, 2.24) is 20.0 Å². The Morgan fingerprint density at radius 1 is 1.17 bits per heavy atom. The van der Waals surface area contributed by atoms with Crippen molar-refractivity contribution < 1.29 is 0 Å². The van der Waals surface area contributed by atoms with Crippen LogP contribution in [0.2, 0.25) is 5.02 Å². The lowest BCUT2D eigenvalue weighted by atomic mass is 9.96. The molecule has 7 heteroatoms. The number of para-hydroxylation sites is 1. The van der Waals surface area contributed by atoms with Gasteiger partial charge in [-0.25, -0.2) is 9.94 Å². The smallest absolute Gasteiger partial charge is 0.269 e. The molecule has 0 fully saturated rings. The molecule has 0 aliphatic heterocycles. The summed E-state index contributed by atoms with van der Waals surface area (Å²) in [5.41, 5.74) is 4.27. The van der Waals surface area contributed by atoms with Gasteiger partial charge in [-0.15, -0.1) is 0 Å². The van der Waals surface area contributed by atoms with Gasteiger partial charge in [0.15, 0.2) is 0 Å². The topological polar surface area (TPSA) is 67.9 Å². The standard InChI is InChI=1S/C22H18ClN5O/c1-12(2)19-16-10-13(8-9-14(16)22(29)27-26-19)17-11-25-28(4)21(17)15-6-5-7-18(23)20(15)24-3/h5-12H,1-2,4H3,(H,27,29). The summed E-state index contributed by atoms with van der Waals surface area (Å²) in [7, 11) is 1.83. The Morgan fingerprint density at radius 3 is 2.69 bits per heavy atom. The average molecular weight is 404 g/mol. The van der Waals surface area contributed by atoms with Gasteiger partial charge in [-0.3, -0.25) is 9.48 Å². The number of benzene rings is 2. The van der Waals surface area contributed by atoms with Crippen molar-refractivity contribution in [3.05, 3.63) is 75.1 Å². The fourth-order valence-electron chi connectivity index (χ4n) is 3.58. The first kappa shape index (κ1) is 18.9. The van der Waals surface area contributed by atoms with Crippen molar-refractivity contribution in [2.45, 2.75) is 19.8 Å². The molecule has 29 heavy (non-hydrogen) atoms. The second-order valence-electron chi connectivity index (χ2n) is 7.13. The van der Waals surface area contributed by atoms with Crippen LogP contribution in [0.15, 0.2) is 47.4 Å². The number of rotatable bonds is 3. The Kier molecular flexibility index (Phi) is 4.69. The number of nitrogens with zero attached hydrogens (tertiary/aromatic N) is 4. The van der Waals surface area contributed by atoms with Crippen LogP contribution in [0.4, 0.5) is 5.69 Å². The van der Waals surface area contributed by atoms with Gasteiger partial charge >= 0.3 is 0 Å². The zero-order valence-corrected chi connectivity index (χ0v) is 16.9. The van der Waals surface area contributed by atoms with Gasteiger partial charge in [-0.2, -0.15) is 10.2 Å². The first-order valence-corrected chi connectivity index (χ1v) is 9.51. The van der Waals surface area contributed by atoms with Crippen LogP contribution in [-0.4, -0.2) is 20.0 Å². The molecule has 0 unspecified atom stereocenters. The maximum atomic E-state index is 12.2. The highest BCUT2D eigenvalue weighted by atomic mass is 35.5. The van der Waals surface area contributed by atoms with E-state index < -0.39 is 0 Å². The fourth-order valence-corrected chi connectivity index (χ4v) is 3.80. The molecule has 0 spiro atoms.